The zero-order valence-electron chi connectivity index (χ0n) is 38.0. The minimum atomic E-state index is -1.03. The van der Waals surface area contributed by atoms with Crippen LogP contribution in [0.5, 0.6) is 5.75 Å². The van der Waals surface area contributed by atoms with E-state index >= 15 is 0 Å². The van der Waals surface area contributed by atoms with E-state index in [0.29, 0.717) is 55.7 Å². The van der Waals surface area contributed by atoms with Crippen molar-refractivity contribution >= 4 is 46.4 Å². The summed E-state index contributed by atoms with van der Waals surface area (Å²) in [6, 6.07) is 3.18. The average Bonchev–Trinajstić information content (AvgIpc) is 3.69. The summed E-state index contributed by atoms with van der Waals surface area (Å²) in [5.41, 5.74) is 0.756. The van der Waals surface area contributed by atoms with E-state index in [1.54, 1.807) is 62.9 Å². The van der Waals surface area contributed by atoms with Crippen LogP contribution in [0, 0.1) is 23.2 Å². The Kier molecular flexibility index (Phi) is 17.3. The predicted octanol–water partition coefficient (Wildman–Crippen LogP) is 5.67. The second kappa shape index (κ2) is 21.3. The number of hydrogen-bond acceptors (Lipinski definition) is 10. The number of nitrogens with zero attached hydrogens (tertiary/aromatic N) is 4. The molecule has 1 fully saturated rings. The van der Waals surface area contributed by atoms with Crippen molar-refractivity contribution in [2.75, 3.05) is 33.5 Å². The van der Waals surface area contributed by atoms with Crippen LogP contribution in [0.1, 0.15) is 106 Å². The molecular weight excluding hydrogens is 783 g/mol. The fourth-order valence-electron chi connectivity index (χ4n) is 8.28. The van der Waals surface area contributed by atoms with Crippen LogP contribution in [0.4, 0.5) is 0 Å². The Labute approximate surface area is 362 Å². The van der Waals surface area contributed by atoms with E-state index in [1.807, 2.05) is 53.7 Å². The second-order valence-corrected chi connectivity index (χ2v) is 19.5. The topological polar surface area (TPSA) is 158 Å². The number of thioether (sulfide) groups is 1. The van der Waals surface area contributed by atoms with Crippen molar-refractivity contribution in [2.24, 2.45) is 28.2 Å². The number of aliphatic imine (C=N–C) groups is 1. The van der Waals surface area contributed by atoms with Gasteiger partial charge in [0.25, 0.3) is 0 Å². The summed E-state index contributed by atoms with van der Waals surface area (Å²) in [4.78, 5) is 80.9. The van der Waals surface area contributed by atoms with Crippen LogP contribution in [0.15, 0.2) is 40.9 Å². The molecule has 10 atom stereocenters. The Morgan fingerprint density at radius 1 is 0.983 bits per heavy atom. The number of methoxy groups -OCH3 is 1. The Hall–Kier alpha value is -3.91. The first-order valence-corrected chi connectivity index (χ1v) is 22.7. The SMILES string of the molecule is CCC(C)C1C(=O)N2CCCCC2C(=O)OC(C(C)(C)C)CC(C)CC(O)C(C)C2=NC(C=C(C)C(=O)NC(Cc3ccc(OC)cc3)C(=O)N(C)C(C)C(=O)N1C)CS2. The normalized spacial score (nSPS) is 30.6. The number of rotatable bonds is 5. The number of carbonyl (C=O) groups excluding carboxylic acids is 5. The predicted molar refractivity (Wildman–Crippen MR) is 237 cm³/mol. The summed E-state index contributed by atoms with van der Waals surface area (Å²) < 4.78 is 11.7. The number of aliphatic hydroxyl groups is 1. The molecule has 2 N–H and O–H groups in total. The lowest BCUT2D eigenvalue weighted by Crippen LogP contribution is -2.61. The first kappa shape index (κ1) is 48.8. The fourth-order valence-corrected chi connectivity index (χ4v) is 9.42. The molecular formula is C46H71N5O8S. The molecule has 0 aromatic heterocycles. The number of carbonyl (C=O) groups is 5. The molecule has 3 aliphatic rings. The number of fused-ring (bicyclic) bond motifs is 2. The van der Waals surface area contributed by atoms with Gasteiger partial charge in [0.15, 0.2) is 0 Å². The van der Waals surface area contributed by atoms with Gasteiger partial charge in [-0.2, -0.15) is 0 Å². The van der Waals surface area contributed by atoms with Gasteiger partial charge in [-0.25, -0.2) is 4.79 Å². The van der Waals surface area contributed by atoms with E-state index in [2.05, 4.69) is 12.2 Å². The van der Waals surface area contributed by atoms with Gasteiger partial charge in [-0.05, 0) is 80.9 Å². The molecule has 4 rings (SSSR count). The Bertz CT molecular complexity index is 1740. The summed E-state index contributed by atoms with van der Waals surface area (Å²) in [5, 5.41) is 15.2. The van der Waals surface area contributed by atoms with E-state index in [1.165, 1.54) is 16.8 Å². The van der Waals surface area contributed by atoms with Crippen LogP contribution in [0.2, 0.25) is 0 Å². The van der Waals surface area contributed by atoms with Crippen molar-refractivity contribution in [1.29, 1.82) is 0 Å². The van der Waals surface area contributed by atoms with Crippen molar-refractivity contribution in [3.05, 3.63) is 41.5 Å². The van der Waals surface area contributed by atoms with Crippen molar-refractivity contribution in [1.82, 2.24) is 20.0 Å². The molecule has 2 bridgehead atoms. The lowest BCUT2D eigenvalue weighted by molar-refractivity contribution is -0.169. The maximum Gasteiger partial charge on any atom is 0.329 e. The highest BCUT2D eigenvalue weighted by molar-refractivity contribution is 8.14. The van der Waals surface area contributed by atoms with Crippen molar-refractivity contribution in [3.8, 4) is 5.75 Å². The molecule has 1 aromatic carbocycles. The molecule has 60 heavy (non-hydrogen) atoms. The quantitative estimate of drug-likeness (QED) is 0.357. The lowest BCUT2D eigenvalue weighted by atomic mass is 9.81. The zero-order chi connectivity index (χ0) is 44.6. The number of amides is 4. The second-order valence-electron chi connectivity index (χ2n) is 18.4. The number of ether oxygens (including phenoxy) is 2. The molecule has 3 aliphatic heterocycles. The highest BCUT2D eigenvalue weighted by atomic mass is 32.2. The maximum absolute atomic E-state index is 14.7. The first-order valence-electron chi connectivity index (χ1n) is 21.7. The van der Waals surface area contributed by atoms with Crippen LogP contribution in [-0.4, -0.2) is 130 Å². The number of likely N-dealkylation sites (N-methyl/N-ethyl adjacent to an activating group) is 2. The largest absolute Gasteiger partial charge is 0.497 e. The van der Waals surface area contributed by atoms with Crippen molar-refractivity contribution in [3.63, 3.8) is 0 Å². The molecule has 13 nitrogen and oxygen atoms in total. The summed E-state index contributed by atoms with van der Waals surface area (Å²) in [6.45, 7) is 17.6. The van der Waals surface area contributed by atoms with Gasteiger partial charge < -0.3 is 34.6 Å². The highest BCUT2D eigenvalue weighted by Crippen LogP contribution is 2.34. The number of piperidine rings is 1. The minimum absolute atomic E-state index is 0.00480. The van der Waals surface area contributed by atoms with E-state index < -0.39 is 65.5 Å². The summed E-state index contributed by atoms with van der Waals surface area (Å²) in [6.07, 6.45) is 4.25. The molecule has 0 radical (unpaired) electrons. The van der Waals surface area contributed by atoms with Gasteiger partial charge in [0, 0.05) is 44.3 Å². The molecule has 10 unspecified atom stereocenters. The smallest absolute Gasteiger partial charge is 0.329 e. The molecule has 4 amide bonds. The summed E-state index contributed by atoms with van der Waals surface area (Å²) in [7, 11) is 4.69. The number of aliphatic hydroxyl groups excluding tert-OH is 1. The van der Waals surface area contributed by atoms with E-state index in [0.717, 1.165) is 17.0 Å². The monoisotopic (exact) mass is 854 g/mol. The Morgan fingerprint density at radius 3 is 2.27 bits per heavy atom. The summed E-state index contributed by atoms with van der Waals surface area (Å²) in [5.74, 6) is -1.40. The van der Waals surface area contributed by atoms with Crippen LogP contribution < -0.4 is 10.1 Å². The van der Waals surface area contributed by atoms with Gasteiger partial charge in [0.2, 0.25) is 23.6 Å². The number of cyclic esters (lactones) is 1. The fraction of sp³-hybridized carbons (Fsp3) is 0.696. The Morgan fingerprint density at radius 2 is 1.65 bits per heavy atom. The number of nitrogens with one attached hydrogen (secondary N) is 1. The molecule has 334 valence electrons. The number of hydrogen-bond donors (Lipinski definition) is 2. The van der Waals surface area contributed by atoms with Crippen LogP contribution >= 0.6 is 11.8 Å². The number of benzene rings is 1. The van der Waals surface area contributed by atoms with E-state index in [-0.39, 0.29) is 36.1 Å². The van der Waals surface area contributed by atoms with Crippen molar-refractivity contribution in [2.45, 2.75) is 150 Å². The van der Waals surface area contributed by atoms with Gasteiger partial charge in [0.05, 0.1) is 24.3 Å². The van der Waals surface area contributed by atoms with Crippen molar-refractivity contribution < 1.29 is 38.6 Å². The third-order valence-corrected chi connectivity index (χ3v) is 14.0. The third-order valence-electron chi connectivity index (χ3n) is 12.7. The van der Waals surface area contributed by atoms with Gasteiger partial charge in [0.1, 0.15) is 36.0 Å². The van der Waals surface area contributed by atoms with Gasteiger partial charge in [-0.3, -0.25) is 24.2 Å². The van der Waals surface area contributed by atoms with Gasteiger partial charge >= 0.3 is 5.97 Å². The minimum Gasteiger partial charge on any atom is -0.497 e. The van der Waals surface area contributed by atoms with E-state index in [4.69, 9.17) is 14.5 Å². The van der Waals surface area contributed by atoms with Gasteiger partial charge in [-0.1, -0.05) is 73.1 Å². The molecule has 0 aliphatic carbocycles. The average molecular weight is 854 g/mol. The zero-order valence-corrected chi connectivity index (χ0v) is 38.8. The molecule has 3 heterocycles. The number of esters is 1. The van der Waals surface area contributed by atoms with Crippen LogP contribution in [-0.2, 0) is 35.1 Å². The molecule has 1 saturated heterocycles. The highest BCUT2D eigenvalue weighted by Gasteiger charge is 2.44. The summed E-state index contributed by atoms with van der Waals surface area (Å²) >= 11 is 1.56. The Balaban J connectivity index is 1.76. The standard InChI is InChI=1S/C46H71N5O8S/c1-13-28(3)39-44(56)51-21-15-14-16-36(51)45(57)59-38(46(7,8)9)23-27(2)22-37(52)30(5)41-47-33(26-60-41)24-29(4)40(53)48-35(25-32-17-19-34(58-12)20-18-32)43(55)49(10)31(6)42(54)50(39)11/h17-20,24,27-28,30-31,33,35-39,52H,13-16,21-23,25-26H2,1-12H3,(H,48,53). The van der Waals surface area contributed by atoms with Crippen LogP contribution in [0.25, 0.3) is 0 Å². The molecule has 1 aromatic rings. The molecule has 0 saturated carbocycles. The van der Waals surface area contributed by atoms with Crippen LogP contribution in [0.3, 0.4) is 0 Å². The third kappa shape index (κ3) is 12.1. The molecule has 14 heteroatoms. The maximum atomic E-state index is 14.7. The molecule has 0 spiro atoms. The van der Waals surface area contributed by atoms with E-state index in [9.17, 15) is 29.1 Å². The first-order chi connectivity index (χ1) is 28.2. The van der Waals surface area contributed by atoms with Gasteiger partial charge in [-0.15, -0.1) is 11.8 Å². The lowest BCUT2D eigenvalue weighted by Gasteiger charge is -2.42.